The van der Waals surface area contributed by atoms with Gasteiger partial charge in [-0.3, -0.25) is 0 Å². The van der Waals surface area contributed by atoms with E-state index in [0.29, 0.717) is 5.69 Å². The number of hydrogen-bond acceptors (Lipinski definition) is 0. The van der Waals surface area contributed by atoms with E-state index in [1.54, 1.807) is 6.92 Å². The molecule has 2 nitrogen and oxygen atoms in total. The third-order valence-corrected chi connectivity index (χ3v) is 9.79. The van der Waals surface area contributed by atoms with E-state index in [9.17, 15) is 0 Å². The summed E-state index contributed by atoms with van der Waals surface area (Å²) in [6.07, 6.45) is -7.71. The highest BCUT2D eigenvalue weighted by Gasteiger charge is 2.73. The minimum Gasteiger partial charge on any atom is -0.333 e. The predicted molar refractivity (Wildman–Crippen MR) is 179 cm³/mol. The lowest BCUT2D eigenvalue weighted by Crippen LogP contribution is -2.55. The van der Waals surface area contributed by atoms with Crippen molar-refractivity contribution in [2.24, 2.45) is 5.92 Å². The Bertz CT molecular complexity index is 2280. The molecular weight excluding hydrogens is 622 g/mol. The molecule has 7 aromatic rings. The summed E-state index contributed by atoms with van der Waals surface area (Å²) < 4.78 is 95.3. The van der Waals surface area contributed by atoms with Crippen molar-refractivity contribution >= 4 is 43.6 Å². The van der Waals surface area contributed by atoms with Gasteiger partial charge in [-0.05, 0) is 53.5 Å². The highest BCUT2D eigenvalue weighted by Crippen LogP contribution is 2.58. The van der Waals surface area contributed by atoms with Gasteiger partial charge in [0.15, 0.2) is 0 Å². The van der Waals surface area contributed by atoms with Gasteiger partial charge in [-0.1, -0.05) is 110 Å². The zero-order valence-electron chi connectivity index (χ0n) is 25.6. The summed E-state index contributed by atoms with van der Waals surface area (Å²) in [5.74, 6) is -0.690. The average molecular weight is 651 g/mol. The number of para-hydroxylation sites is 4. The van der Waals surface area contributed by atoms with E-state index in [1.165, 1.54) is 18.2 Å². The zero-order chi connectivity index (χ0) is 33.4. The highest BCUT2D eigenvalue weighted by molar-refractivity contribution is 6.09. The smallest absolute Gasteiger partial charge is 0.333 e. The first-order valence-electron chi connectivity index (χ1n) is 15.6. The molecule has 2 unspecified atom stereocenters. The van der Waals surface area contributed by atoms with E-state index in [2.05, 4.69) is 0 Å². The standard InChI is InChI=1S/C40H28F6N2/c1-25-24-27(20-23-33(25)48-36-16-8-4-12-31(36)32-13-5-9-17-37(32)48)38(39(41,42)43,40(44,45)46)26-18-21-28(22-19-26)47-34-14-6-2-10-29(34)30-11-3-7-15-35(30)47/h2-25,33H,1H3. The first-order chi connectivity index (χ1) is 23.0. The summed E-state index contributed by atoms with van der Waals surface area (Å²) in [4.78, 5) is 0. The SMILES string of the molecule is CC1C=C(C(c2ccc(-n3c4ccccc4c4ccccc43)cc2)(C(F)(F)F)C(F)(F)F)C=CC1n1c2ccccc2c2ccccc21. The van der Waals surface area contributed by atoms with Gasteiger partial charge in [-0.15, -0.1) is 0 Å². The lowest BCUT2D eigenvalue weighted by molar-refractivity contribution is -0.289. The molecule has 0 saturated heterocycles. The fourth-order valence-electron chi connectivity index (χ4n) is 7.70. The fraction of sp³-hybridized carbons (Fsp3) is 0.150. The van der Waals surface area contributed by atoms with Crippen LogP contribution >= 0.6 is 0 Å². The number of alkyl halides is 6. The molecule has 0 amide bonds. The Kier molecular flexibility index (Phi) is 6.67. The van der Waals surface area contributed by atoms with E-state index >= 15 is 26.3 Å². The van der Waals surface area contributed by atoms with Crippen LogP contribution in [0, 0.1) is 5.92 Å². The van der Waals surface area contributed by atoms with Crippen LogP contribution in [0.15, 0.2) is 145 Å². The van der Waals surface area contributed by atoms with Crippen LogP contribution in [-0.2, 0) is 5.41 Å². The maximum Gasteiger partial charge on any atom is 0.411 e. The number of benzene rings is 5. The van der Waals surface area contributed by atoms with Crippen molar-refractivity contribution in [3.05, 3.63) is 151 Å². The average Bonchev–Trinajstić information content (AvgIpc) is 3.58. The minimum absolute atomic E-state index is 0.461. The second-order valence-corrected chi connectivity index (χ2v) is 12.4. The van der Waals surface area contributed by atoms with Crippen molar-refractivity contribution in [2.45, 2.75) is 30.7 Å². The molecule has 48 heavy (non-hydrogen) atoms. The van der Waals surface area contributed by atoms with Crippen LogP contribution < -0.4 is 0 Å². The molecule has 2 aromatic heterocycles. The fourth-order valence-corrected chi connectivity index (χ4v) is 7.70. The van der Waals surface area contributed by atoms with Crippen molar-refractivity contribution in [3.63, 3.8) is 0 Å². The summed E-state index contributed by atoms with van der Waals surface area (Å²) in [6, 6.07) is 34.6. The van der Waals surface area contributed by atoms with Gasteiger partial charge >= 0.3 is 12.4 Å². The number of nitrogens with zero attached hydrogens (tertiary/aromatic N) is 2. The maximum atomic E-state index is 15.2. The van der Waals surface area contributed by atoms with Crippen LogP contribution in [0.3, 0.4) is 0 Å². The molecule has 1 aliphatic carbocycles. The second kappa shape index (κ2) is 10.6. The molecule has 1 aliphatic rings. The Labute approximate surface area is 271 Å². The van der Waals surface area contributed by atoms with Crippen LogP contribution in [0.5, 0.6) is 0 Å². The topological polar surface area (TPSA) is 9.86 Å². The van der Waals surface area contributed by atoms with Crippen molar-refractivity contribution in [2.75, 3.05) is 0 Å². The Balaban J connectivity index is 1.27. The maximum absolute atomic E-state index is 15.2. The van der Waals surface area contributed by atoms with Gasteiger partial charge in [-0.25, -0.2) is 0 Å². The van der Waals surface area contributed by atoms with Gasteiger partial charge < -0.3 is 9.13 Å². The largest absolute Gasteiger partial charge is 0.411 e. The summed E-state index contributed by atoms with van der Waals surface area (Å²) >= 11 is 0. The van der Waals surface area contributed by atoms with Crippen molar-refractivity contribution in [1.82, 2.24) is 9.13 Å². The number of allylic oxidation sites excluding steroid dienone is 4. The molecule has 0 saturated carbocycles. The van der Waals surface area contributed by atoms with E-state index in [4.69, 9.17) is 0 Å². The number of aromatic nitrogens is 2. The first-order valence-corrected chi connectivity index (χ1v) is 15.6. The van der Waals surface area contributed by atoms with Crippen LogP contribution in [-0.4, -0.2) is 21.5 Å². The van der Waals surface area contributed by atoms with Crippen LogP contribution in [0.25, 0.3) is 49.3 Å². The molecule has 2 atom stereocenters. The van der Waals surface area contributed by atoms with Crippen LogP contribution in [0.4, 0.5) is 26.3 Å². The Hall–Kier alpha value is -5.24. The van der Waals surface area contributed by atoms with Gasteiger partial charge in [0.25, 0.3) is 0 Å². The molecule has 0 aliphatic heterocycles. The number of hydrogen-bond donors (Lipinski definition) is 0. The summed E-state index contributed by atoms with van der Waals surface area (Å²) in [5.41, 5.74) is -2.19. The molecule has 2 heterocycles. The third kappa shape index (κ3) is 4.21. The van der Waals surface area contributed by atoms with Crippen molar-refractivity contribution in [1.29, 1.82) is 0 Å². The van der Waals surface area contributed by atoms with Crippen LogP contribution in [0.1, 0.15) is 18.5 Å². The predicted octanol–water partition coefficient (Wildman–Crippen LogP) is 11.6. The summed E-state index contributed by atoms with van der Waals surface area (Å²) in [5, 5.41) is 3.79. The molecule has 8 heteroatoms. The number of halogens is 6. The van der Waals surface area contributed by atoms with Gasteiger partial charge in [0.2, 0.25) is 5.41 Å². The molecular formula is C40H28F6N2. The molecule has 5 aromatic carbocycles. The zero-order valence-corrected chi connectivity index (χ0v) is 25.6. The lowest BCUT2D eigenvalue weighted by Gasteiger charge is -2.41. The third-order valence-electron chi connectivity index (χ3n) is 9.79. The summed E-state index contributed by atoms with van der Waals surface area (Å²) in [6.45, 7) is 1.67. The van der Waals surface area contributed by atoms with E-state index in [0.717, 1.165) is 67.9 Å². The van der Waals surface area contributed by atoms with Crippen molar-refractivity contribution in [3.8, 4) is 5.69 Å². The van der Waals surface area contributed by atoms with E-state index in [1.807, 2.05) is 106 Å². The molecule has 0 N–H and O–H groups in total. The molecule has 0 spiro atoms. The molecule has 0 bridgehead atoms. The first kappa shape index (κ1) is 30.1. The quantitative estimate of drug-likeness (QED) is 0.168. The van der Waals surface area contributed by atoms with Crippen LogP contribution in [0.2, 0.25) is 0 Å². The molecule has 0 fully saturated rings. The Morgan fingerprint density at radius 1 is 0.521 bits per heavy atom. The van der Waals surface area contributed by atoms with Gasteiger partial charge in [-0.2, -0.15) is 26.3 Å². The molecule has 8 rings (SSSR count). The highest BCUT2D eigenvalue weighted by atomic mass is 19.4. The van der Waals surface area contributed by atoms with Crippen molar-refractivity contribution < 1.29 is 26.3 Å². The number of fused-ring (bicyclic) bond motifs is 6. The normalized spacial score (nSPS) is 17.5. The monoisotopic (exact) mass is 650 g/mol. The Morgan fingerprint density at radius 3 is 1.38 bits per heavy atom. The number of rotatable bonds is 4. The Morgan fingerprint density at radius 2 is 0.938 bits per heavy atom. The van der Waals surface area contributed by atoms with Gasteiger partial charge in [0.05, 0.1) is 17.1 Å². The van der Waals surface area contributed by atoms with E-state index < -0.39 is 40.9 Å². The summed E-state index contributed by atoms with van der Waals surface area (Å²) in [7, 11) is 0. The van der Waals surface area contributed by atoms with Gasteiger partial charge in [0, 0.05) is 38.3 Å². The van der Waals surface area contributed by atoms with E-state index in [-0.39, 0.29) is 0 Å². The minimum atomic E-state index is -5.69. The molecule has 240 valence electrons. The van der Waals surface area contributed by atoms with Gasteiger partial charge in [0.1, 0.15) is 0 Å². The lowest BCUT2D eigenvalue weighted by atomic mass is 9.69. The molecule has 0 radical (unpaired) electrons. The second-order valence-electron chi connectivity index (χ2n) is 12.4.